The third-order valence-corrected chi connectivity index (χ3v) is 5.36. The maximum absolute atomic E-state index is 12.7. The predicted octanol–water partition coefficient (Wildman–Crippen LogP) is 4.46. The van der Waals surface area contributed by atoms with Crippen LogP contribution in [0.5, 0.6) is 0 Å². The molecule has 2 rings (SSSR count). The van der Waals surface area contributed by atoms with Crippen molar-refractivity contribution in [1.82, 2.24) is 0 Å². The number of rotatable bonds is 6. The highest BCUT2D eigenvalue weighted by atomic mass is 31.2. The van der Waals surface area contributed by atoms with Crippen molar-refractivity contribution in [2.75, 3.05) is 13.2 Å². The maximum atomic E-state index is 12.7. The van der Waals surface area contributed by atoms with Crippen LogP contribution in [0, 0.1) is 0 Å². The molecule has 3 nitrogen and oxygen atoms in total. The summed E-state index contributed by atoms with van der Waals surface area (Å²) in [7, 11) is -3.07. The van der Waals surface area contributed by atoms with Gasteiger partial charge in [0.15, 0.2) is 0 Å². The van der Waals surface area contributed by atoms with Crippen LogP contribution < -0.4 is 0 Å². The van der Waals surface area contributed by atoms with Gasteiger partial charge in [-0.25, -0.2) is 0 Å². The molecule has 0 aromatic heterocycles. The minimum absolute atomic E-state index is 0.406. The minimum atomic E-state index is -3.07. The molecule has 18 heavy (non-hydrogen) atoms. The summed E-state index contributed by atoms with van der Waals surface area (Å²) in [6.07, 6.45) is 1.75. The van der Waals surface area contributed by atoms with Gasteiger partial charge in [0, 0.05) is 5.31 Å². The lowest BCUT2D eigenvalue weighted by Crippen LogP contribution is -2.08. The van der Waals surface area contributed by atoms with Gasteiger partial charge in [0.05, 0.1) is 13.2 Å². The van der Waals surface area contributed by atoms with Crippen molar-refractivity contribution in [1.29, 1.82) is 0 Å². The predicted molar refractivity (Wildman–Crippen MR) is 73.5 cm³/mol. The SMILES string of the molecule is CCOP(=O)(OCC)C1=C(c2ccccc2)CC1. The molecule has 1 aromatic rings. The summed E-state index contributed by atoms with van der Waals surface area (Å²) in [6, 6.07) is 10.0. The second kappa shape index (κ2) is 5.83. The van der Waals surface area contributed by atoms with Crippen LogP contribution in [0.15, 0.2) is 35.6 Å². The Morgan fingerprint density at radius 2 is 1.67 bits per heavy atom. The van der Waals surface area contributed by atoms with Gasteiger partial charge in [-0.05, 0) is 37.8 Å². The van der Waals surface area contributed by atoms with E-state index < -0.39 is 7.60 Å². The van der Waals surface area contributed by atoms with E-state index in [4.69, 9.17) is 9.05 Å². The number of hydrogen-bond acceptors (Lipinski definition) is 3. The van der Waals surface area contributed by atoms with Crippen LogP contribution in [-0.2, 0) is 13.6 Å². The zero-order valence-corrected chi connectivity index (χ0v) is 11.8. The van der Waals surface area contributed by atoms with Gasteiger partial charge < -0.3 is 9.05 Å². The first-order chi connectivity index (χ1) is 8.71. The second-order valence-electron chi connectivity index (χ2n) is 4.12. The summed E-state index contributed by atoms with van der Waals surface area (Å²) in [5.41, 5.74) is 2.25. The summed E-state index contributed by atoms with van der Waals surface area (Å²) < 4.78 is 23.5. The Balaban J connectivity index is 2.34. The Morgan fingerprint density at radius 1 is 1.06 bits per heavy atom. The van der Waals surface area contributed by atoms with Crippen LogP contribution in [0.2, 0.25) is 0 Å². The molecule has 0 amide bonds. The van der Waals surface area contributed by atoms with E-state index in [1.54, 1.807) is 0 Å². The van der Waals surface area contributed by atoms with Crippen molar-refractivity contribution in [3.63, 3.8) is 0 Å². The van der Waals surface area contributed by atoms with Gasteiger partial charge in [0.2, 0.25) is 0 Å². The summed E-state index contributed by atoms with van der Waals surface area (Å²) in [5, 5.41) is 0.859. The minimum Gasteiger partial charge on any atom is -0.306 e. The highest BCUT2D eigenvalue weighted by molar-refractivity contribution is 7.58. The Morgan fingerprint density at radius 3 is 2.11 bits per heavy atom. The molecule has 1 aromatic carbocycles. The van der Waals surface area contributed by atoms with Gasteiger partial charge >= 0.3 is 7.60 Å². The zero-order valence-electron chi connectivity index (χ0n) is 10.9. The van der Waals surface area contributed by atoms with E-state index in [1.165, 1.54) is 0 Å². The van der Waals surface area contributed by atoms with Crippen LogP contribution in [0.25, 0.3) is 5.57 Å². The van der Waals surface area contributed by atoms with Crippen molar-refractivity contribution in [3.05, 3.63) is 41.2 Å². The van der Waals surface area contributed by atoms with Gasteiger partial charge in [-0.1, -0.05) is 30.3 Å². The Hall–Kier alpha value is -0.890. The van der Waals surface area contributed by atoms with Crippen molar-refractivity contribution in [3.8, 4) is 0 Å². The molecule has 0 aliphatic heterocycles. The molecule has 0 atom stereocenters. The lowest BCUT2D eigenvalue weighted by Gasteiger charge is -2.29. The van der Waals surface area contributed by atoms with Gasteiger partial charge in [-0.3, -0.25) is 4.57 Å². The molecule has 0 unspecified atom stereocenters. The first kappa shape index (κ1) is 13.5. The van der Waals surface area contributed by atoms with Crippen molar-refractivity contribution in [2.24, 2.45) is 0 Å². The fourth-order valence-electron chi connectivity index (χ4n) is 2.15. The average Bonchev–Trinajstić information content (AvgIpc) is 2.29. The van der Waals surface area contributed by atoms with Crippen LogP contribution in [0.3, 0.4) is 0 Å². The molecule has 0 fully saturated rings. The molecule has 0 bridgehead atoms. The van der Waals surface area contributed by atoms with E-state index in [9.17, 15) is 4.57 Å². The van der Waals surface area contributed by atoms with Crippen LogP contribution >= 0.6 is 7.60 Å². The third kappa shape index (κ3) is 2.59. The molecule has 0 heterocycles. The number of benzene rings is 1. The molecule has 0 saturated heterocycles. The molecular weight excluding hydrogens is 247 g/mol. The summed E-state index contributed by atoms with van der Waals surface area (Å²) in [5.74, 6) is 0. The maximum Gasteiger partial charge on any atom is 0.357 e. The van der Waals surface area contributed by atoms with Crippen LogP contribution in [-0.4, -0.2) is 13.2 Å². The molecule has 0 radical (unpaired) electrons. The quantitative estimate of drug-likeness (QED) is 0.713. The molecule has 1 aliphatic carbocycles. The lowest BCUT2D eigenvalue weighted by molar-refractivity contribution is 0.225. The number of allylic oxidation sites excluding steroid dienone is 2. The third-order valence-electron chi connectivity index (χ3n) is 3.01. The molecule has 1 aliphatic rings. The summed E-state index contributed by atoms with van der Waals surface area (Å²) in [4.78, 5) is 0. The Bertz CT molecular complexity index is 469. The first-order valence-corrected chi connectivity index (χ1v) is 7.92. The van der Waals surface area contributed by atoms with E-state index in [2.05, 4.69) is 0 Å². The highest BCUT2D eigenvalue weighted by Crippen LogP contribution is 2.64. The largest absolute Gasteiger partial charge is 0.357 e. The molecular formula is C14H19O3P. The highest BCUT2D eigenvalue weighted by Gasteiger charge is 2.37. The van der Waals surface area contributed by atoms with Crippen molar-refractivity contribution in [2.45, 2.75) is 26.7 Å². The second-order valence-corrected chi connectivity index (χ2v) is 6.18. The number of hydrogen-bond donors (Lipinski definition) is 0. The monoisotopic (exact) mass is 266 g/mol. The molecule has 4 heteroatoms. The van der Waals surface area contributed by atoms with Gasteiger partial charge in [-0.2, -0.15) is 0 Å². The smallest absolute Gasteiger partial charge is 0.306 e. The van der Waals surface area contributed by atoms with Gasteiger partial charge in [0.1, 0.15) is 0 Å². The van der Waals surface area contributed by atoms with Gasteiger partial charge in [-0.15, -0.1) is 0 Å². The average molecular weight is 266 g/mol. The fraction of sp³-hybridized carbons (Fsp3) is 0.429. The van der Waals surface area contributed by atoms with E-state index >= 15 is 0 Å². The first-order valence-electron chi connectivity index (χ1n) is 6.38. The van der Waals surface area contributed by atoms with E-state index in [0.717, 1.165) is 29.3 Å². The Labute approximate surface area is 108 Å². The summed E-state index contributed by atoms with van der Waals surface area (Å²) >= 11 is 0. The van der Waals surface area contributed by atoms with Crippen molar-refractivity contribution < 1.29 is 13.6 Å². The van der Waals surface area contributed by atoms with Crippen LogP contribution in [0.1, 0.15) is 32.3 Å². The van der Waals surface area contributed by atoms with Gasteiger partial charge in [0.25, 0.3) is 0 Å². The van der Waals surface area contributed by atoms with Crippen LogP contribution in [0.4, 0.5) is 0 Å². The normalized spacial score (nSPS) is 15.7. The molecule has 0 N–H and O–H groups in total. The molecule has 0 saturated carbocycles. The van der Waals surface area contributed by atoms with E-state index in [1.807, 2.05) is 44.2 Å². The summed E-state index contributed by atoms with van der Waals surface area (Å²) in [6.45, 7) is 4.49. The standard InChI is InChI=1S/C14H19O3P/c1-3-16-18(15,17-4-2)14-11-10-13(14)12-8-6-5-7-9-12/h5-9H,3-4,10-11H2,1-2H3. The lowest BCUT2D eigenvalue weighted by atomic mass is 9.92. The Kier molecular flexibility index (Phi) is 4.39. The van der Waals surface area contributed by atoms with Crippen molar-refractivity contribution >= 4 is 13.2 Å². The topological polar surface area (TPSA) is 35.5 Å². The zero-order chi connectivity index (χ0) is 13.0. The molecule has 98 valence electrons. The molecule has 0 spiro atoms. The fourth-order valence-corrected chi connectivity index (χ4v) is 4.17. The van der Waals surface area contributed by atoms with E-state index in [0.29, 0.717) is 13.2 Å². The van der Waals surface area contributed by atoms with E-state index in [-0.39, 0.29) is 0 Å².